The highest BCUT2D eigenvalue weighted by Gasteiger charge is 2.20. The lowest BCUT2D eigenvalue weighted by molar-refractivity contribution is -0.0814. The van der Waals surface area contributed by atoms with Crippen LogP contribution < -0.4 is 10.5 Å². The molecule has 2 N–H and O–H groups in total. The summed E-state index contributed by atoms with van der Waals surface area (Å²) < 4.78 is 10.4. The maximum absolute atomic E-state index is 5.41. The van der Waals surface area contributed by atoms with Crippen molar-refractivity contribution in [1.82, 2.24) is 9.97 Å². The fraction of sp³-hybridized carbons (Fsp3) is 0.500. The summed E-state index contributed by atoms with van der Waals surface area (Å²) in [6, 6.07) is 0. The van der Waals surface area contributed by atoms with E-state index in [4.69, 9.17) is 15.2 Å². The van der Waals surface area contributed by atoms with Gasteiger partial charge in [0.15, 0.2) is 0 Å². The van der Waals surface area contributed by atoms with E-state index in [1.165, 1.54) is 0 Å². The van der Waals surface area contributed by atoms with E-state index in [1.54, 1.807) is 12.4 Å². The van der Waals surface area contributed by atoms with Crippen LogP contribution in [0, 0.1) is 0 Å². The lowest BCUT2D eigenvalue weighted by Crippen LogP contribution is -2.38. The van der Waals surface area contributed by atoms with E-state index in [2.05, 4.69) is 9.97 Å². The number of ether oxygens (including phenoxy) is 2. The largest absolute Gasteiger partial charge is 0.468 e. The first-order valence-corrected chi connectivity index (χ1v) is 4.14. The van der Waals surface area contributed by atoms with Gasteiger partial charge in [0.05, 0.1) is 31.3 Å². The molecule has 1 aliphatic heterocycles. The van der Waals surface area contributed by atoms with E-state index in [0.29, 0.717) is 25.6 Å². The maximum atomic E-state index is 5.41. The molecule has 0 radical (unpaired) electrons. The zero-order valence-electron chi connectivity index (χ0n) is 7.14. The summed E-state index contributed by atoms with van der Waals surface area (Å²) in [6.07, 6.45) is 3.34. The van der Waals surface area contributed by atoms with Gasteiger partial charge < -0.3 is 15.2 Å². The van der Waals surface area contributed by atoms with E-state index < -0.39 is 0 Å². The van der Waals surface area contributed by atoms with Gasteiger partial charge in [0.2, 0.25) is 5.88 Å². The quantitative estimate of drug-likeness (QED) is 0.694. The van der Waals surface area contributed by atoms with Crippen LogP contribution in [0.1, 0.15) is 5.69 Å². The van der Waals surface area contributed by atoms with Gasteiger partial charge in [-0.15, -0.1) is 0 Å². The molecule has 1 aliphatic rings. The number of aromatic nitrogens is 2. The predicted octanol–water partition coefficient (Wildman–Crippen LogP) is -0.287. The van der Waals surface area contributed by atoms with Crippen LogP contribution in [0.3, 0.4) is 0 Å². The highest BCUT2D eigenvalue weighted by molar-refractivity contribution is 5.07. The van der Waals surface area contributed by atoms with Gasteiger partial charge in [0, 0.05) is 6.54 Å². The van der Waals surface area contributed by atoms with Gasteiger partial charge >= 0.3 is 0 Å². The van der Waals surface area contributed by atoms with E-state index >= 15 is 0 Å². The monoisotopic (exact) mass is 181 g/mol. The summed E-state index contributed by atoms with van der Waals surface area (Å²) in [6.45, 7) is 1.68. The first kappa shape index (κ1) is 8.40. The SMILES string of the molecule is NCc1cnc(OC2COC2)cn1. The Balaban J connectivity index is 1.96. The Morgan fingerprint density at radius 1 is 1.46 bits per heavy atom. The second-order valence-corrected chi connectivity index (χ2v) is 2.83. The van der Waals surface area contributed by atoms with Gasteiger partial charge in [0.1, 0.15) is 6.10 Å². The zero-order valence-corrected chi connectivity index (χ0v) is 7.14. The average Bonchev–Trinajstić information content (AvgIpc) is 2.12. The van der Waals surface area contributed by atoms with Crippen LogP contribution in [0.4, 0.5) is 0 Å². The third-order valence-electron chi connectivity index (χ3n) is 1.79. The molecule has 13 heavy (non-hydrogen) atoms. The van der Waals surface area contributed by atoms with E-state index in [9.17, 15) is 0 Å². The van der Waals surface area contributed by atoms with E-state index in [-0.39, 0.29) is 6.10 Å². The van der Waals surface area contributed by atoms with Gasteiger partial charge in [-0.2, -0.15) is 0 Å². The van der Waals surface area contributed by atoms with Crippen LogP contribution >= 0.6 is 0 Å². The Hall–Kier alpha value is -1.20. The molecular weight excluding hydrogens is 170 g/mol. The van der Waals surface area contributed by atoms with Crippen molar-refractivity contribution in [3.63, 3.8) is 0 Å². The minimum atomic E-state index is 0.137. The standard InChI is InChI=1S/C8H11N3O2/c9-1-6-2-11-8(3-10-6)13-7-4-12-5-7/h2-3,7H,1,4-5,9H2. The molecule has 0 aliphatic carbocycles. The number of hydrogen-bond acceptors (Lipinski definition) is 5. The Morgan fingerprint density at radius 2 is 2.31 bits per heavy atom. The van der Waals surface area contributed by atoms with Crippen molar-refractivity contribution >= 4 is 0 Å². The van der Waals surface area contributed by atoms with Crippen LogP contribution in [-0.4, -0.2) is 29.3 Å². The van der Waals surface area contributed by atoms with Crippen molar-refractivity contribution in [2.75, 3.05) is 13.2 Å². The third-order valence-corrected chi connectivity index (χ3v) is 1.79. The minimum Gasteiger partial charge on any atom is -0.468 e. The molecule has 0 bridgehead atoms. The molecule has 0 atom stereocenters. The van der Waals surface area contributed by atoms with E-state index in [0.717, 1.165) is 5.69 Å². The Bertz CT molecular complexity index is 271. The number of rotatable bonds is 3. The van der Waals surface area contributed by atoms with Crippen molar-refractivity contribution in [2.24, 2.45) is 5.73 Å². The van der Waals surface area contributed by atoms with Crippen LogP contribution in [0.25, 0.3) is 0 Å². The maximum Gasteiger partial charge on any atom is 0.232 e. The number of nitrogens with two attached hydrogens (primary N) is 1. The van der Waals surface area contributed by atoms with Crippen LogP contribution in [0.2, 0.25) is 0 Å². The Kier molecular flexibility index (Phi) is 2.37. The summed E-state index contributed by atoms with van der Waals surface area (Å²) in [5, 5.41) is 0. The molecule has 1 aromatic rings. The number of nitrogens with zero attached hydrogens (tertiary/aromatic N) is 2. The predicted molar refractivity (Wildman–Crippen MR) is 45.2 cm³/mol. The zero-order chi connectivity index (χ0) is 9.10. The molecule has 0 spiro atoms. The highest BCUT2D eigenvalue weighted by Crippen LogP contribution is 2.11. The van der Waals surface area contributed by atoms with Gasteiger partial charge in [-0.05, 0) is 0 Å². The molecule has 0 aromatic carbocycles. The smallest absolute Gasteiger partial charge is 0.232 e. The topological polar surface area (TPSA) is 70.3 Å². The summed E-state index contributed by atoms with van der Waals surface area (Å²) >= 11 is 0. The normalized spacial score (nSPS) is 16.7. The lowest BCUT2D eigenvalue weighted by atomic mass is 10.3. The van der Waals surface area contributed by atoms with Crippen LogP contribution in [0.5, 0.6) is 5.88 Å². The number of hydrogen-bond donors (Lipinski definition) is 1. The highest BCUT2D eigenvalue weighted by atomic mass is 16.6. The van der Waals surface area contributed by atoms with Gasteiger partial charge in [-0.1, -0.05) is 0 Å². The first-order chi connectivity index (χ1) is 6.38. The molecule has 5 heteroatoms. The molecule has 1 fully saturated rings. The van der Waals surface area contributed by atoms with Crippen molar-refractivity contribution in [3.8, 4) is 5.88 Å². The molecule has 2 heterocycles. The summed E-state index contributed by atoms with van der Waals surface area (Å²) in [7, 11) is 0. The van der Waals surface area contributed by atoms with Gasteiger partial charge in [-0.25, -0.2) is 4.98 Å². The van der Waals surface area contributed by atoms with Crippen molar-refractivity contribution in [3.05, 3.63) is 18.1 Å². The average molecular weight is 181 g/mol. The molecule has 2 rings (SSSR count). The molecule has 0 unspecified atom stereocenters. The lowest BCUT2D eigenvalue weighted by Gasteiger charge is -2.25. The molecule has 5 nitrogen and oxygen atoms in total. The molecule has 0 saturated carbocycles. The second-order valence-electron chi connectivity index (χ2n) is 2.83. The van der Waals surface area contributed by atoms with Gasteiger partial charge in [-0.3, -0.25) is 4.98 Å². The minimum absolute atomic E-state index is 0.137. The Labute approximate surface area is 75.9 Å². The third kappa shape index (κ3) is 1.93. The van der Waals surface area contributed by atoms with E-state index in [1.807, 2.05) is 0 Å². The van der Waals surface area contributed by atoms with Crippen molar-refractivity contribution in [2.45, 2.75) is 12.6 Å². The fourth-order valence-corrected chi connectivity index (χ4v) is 0.962. The molecule has 1 aromatic heterocycles. The summed E-state index contributed by atoms with van der Waals surface area (Å²) in [5.41, 5.74) is 6.14. The molecule has 0 amide bonds. The van der Waals surface area contributed by atoms with Crippen LogP contribution in [0.15, 0.2) is 12.4 Å². The van der Waals surface area contributed by atoms with Crippen molar-refractivity contribution < 1.29 is 9.47 Å². The van der Waals surface area contributed by atoms with Gasteiger partial charge in [0.25, 0.3) is 0 Å². The Morgan fingerprint density at radius 3 is 2.77 bits per heavy atom. The fourth-order valence-electron chi connectivity index (χ4n) is 0.962. The summed E-state index contributed by atoms with van der Waals surface area (Å²) in [5.74, 6) is 0.533. The second kappa shape index (κ2) is 3.68. The molecule has 1 saturated heterocycles. The molecule has 70 valence electrons. The van der Waals surface area contributed by atoms with Crippen molar-refractivity contribution in [1.29, 1.82) is 0 Å². The van der Waals surface area contributed by atoms with Crippen LogP contribution in [-0.2, 0) is 11.3 Å². The first-order valence-electron chi connectivity index (χ1n) is 4.14. The molecular formula is C8H11N3O2. The summed E-state index contributed by atoms with van der Waals surface area (Å²) in [4.78, 5) is 8.11.